The van der Waals surface area contributed by atoms with Gasteiger partial charge in [0.25, 0.3) is 0 Å². The van der Waals surface area contributed by atoms with Gasteiger partial charge in [-0.2, -0.15) is 0 Å². The lowest BCUT2D eigenvalue weighted by molar-refractivity contribution is -0.126. The molecule has 1 amide bonds. The SMILES string of the molecule is CCCOc1ccccc1CCCNC(=O)C1CCN(S(C)(=O)=O)CC1. The monoisotopic (exact) mass is 382 g/mol. The molecule has 1 saturated heterocycles. The Bertz CT molecular complexity index is 683. The zero-order chi connectivity index (χ0) is 19.0. The molecule has 0 atom stereocenters. The standard InChI is InChI=1S/C19H30N2O4S/c1-3-15-25-18-9-5-4-7-16(18)8-6-12-20-19(22)17-10-13-21(14-11-17)26(2,23)24/h4-5,7,9,17H,3,6,8,10-15H2,1-2H3,(H,20,22). The highest BCUT2D eigenvalue weighted by molar-refractivity contribution is 7.88. The molecule has 1 aromatic rings. The zero-order valence-electron chi connectivity index (χ0n) is 15.7. The second kappa shape index (κ2) is 9.92. The Kier molecular flexibility index (Phi) is 7.90. The second-order valence-corrected chi connectivity index (χ2v) is 8.77. The van der Waals surface area contributed by atoms with Crippen molar-refractivity contribution in [1.82, 2.24) is 9.62 Å². The molecule has 0 bridgehead atoms. The Hall–Kier alpha value is -1.60. The molecule has 0 aromatic heterocycles. The van der Waals surface area contributed by atoms with E-state index in [0.29, 0.717) is 39.1 Å². The van der Waals surface area contributed by atoms with Crippen molar-refractivity contribution in [2.45, 2.75) is 39.0 Å². The van der Waals surface area contributed by atoms with E-state index in [2.05, 4.69) is 18.3 Å². The van der Waals surface area contributed by atoms with E-state index >= 15 is 0 Å². The Morgan fingerprint density at radius 1 is 1.27 bits per heavy atom. The molecule has 0 aliphatic carbocycles. The first-order valence-electron chi connectivity index (χ1n) is 9.35. The second-order valence-electron chi connectivity index (χ2n) is 6.79. The highest BCUT2D eigenvalue weighted by Gasteiger charge is 2.28. The number of carbonyl (C=O) groups excluding carboxylic acids is 1. The van der Waals surface area contributed by atoms with Crippen molar-refractivity contribution < 1.29 is 17.9 Å². The summed E-state index contributed by atoms with van der Waals surface area (Å²) in [5, 5.41) is 2.99. The van der Waals surface area contributed by atoms with Crippen molar-refractivity contribution >= 4 is 15.9 Å². The average Bonchev–Trinajstić information content (AvgIpc) is 2.63. The van der Waals surface area contributed by atoms with Crippen molar-refractivity contribution in [1.29, 1.82) is 0 Å². The predicted molar refractivity (Wildman–Crippen MR) is 103 cm³/mol. The van der Waals surface area contributed by atoms with Gasteiger partial charge in [0.15, 0.2) is 0 Å². The van der Waals surface area contributed by atoms with Gasteiger partial charge in [0.1, 0.15) is 5.75 Å². The molecule has 0 saturated carbocycles. The van der Waals surface area contributed by atoms with Crippen LogP contribution >= 0.6 is 0 Å². The fourth-order valence-electron chi connectivity index (χ4n) is 3.15. The first-order chi connectivity index (χ1) is 12.4. The van der Waals surface area contributed by atoms with Crippen LogP contribution in [0.1, 0.15) is 38.2 Å². The highest BCUT2D eigenvalue weighted by atomic mass is 32.2. The van der Waals surface area contributed by atoms with Crippen LogP contribution in [0, 0.1) is 5.92 Å². The van der Waals surface area contributed by atoms with E-state index in [-0.39, 0.29) is 11.8 Å². The van der Waals surface area contributed by atoms with E-state index in [1.165, 1.54) is 10.6 Å². The lowest BCUT2D eigenvalue weighted by Crippen LogP contribution is -2.42. The minimum Gasteiger partial charge on any atom is -0.493 e. The molecule has 1 fully saturated rings. The molecule has 0 unspecified atom stereocenters. The minimum absolute atomic E-state index is 0.0358. The Labute approximate surface area is 157 Å². The van der Waals surface area contributed by atoms with Gasteiger partial charge in [-0.25, -0.2) is 12.7 Å². The van der Waals surface area contributed by atoms with Crippen LogP contribution in [0.2, 0.25) is 0 Å². The molecule has 1 aliphatic rings. The van der Waals surface area contributed by atoms with E-state index in [4.69, 9.17) is 4.74 Å². The predicted octanol–water partition coefficient (Wildman–Crippen LogP) is 2.20. The third-order valence-electron chi connectivity index (χ3n) is 4.65. The molecule has 1 heterocycles. The molecule has 0 radical (unpaired) electrons. The van der Waals surface area contributed by atoms with Crippen molar-refractivity contribution in [2.75, 3.05) is 32.5 Å². The van der Waals surface area contributed by atoms with Gasteiger partial charge in [0, 0.05) is 25.6 Å². The van der Waals surface area contributed by atoms with E-state index in [0.717, 1.165) is 30.6 Å². The van der Waals surface area contributed by atoms with Gasteiger partial charge in [-0.15, -0.1) is 0 Å². The molecule has 26 heavy (non-hydrogen) atoms. The maximum absolute atomic E-state index is 12.3. The average molecular weight is 383 g/mol. The number of hydrogen-bond acceptors (Lipinski definition) is 4. The van der Waals surface area contributed by atoms with Crippen molar-refractivity contribution in [2.24, 2.45) is 5.92 Å². The summed E-state index contributed by atoms with van der Waals surface area (Å²) in [7, 11) is -3.15. The number of piperidine rings is 1. The van der Waals surface area contributed by atoms with Crippen LogP contribution in [-0.4, -0.2) is 51.1 Å². The molecule has 6 nitrogen and oxygen atoms in total. The van der Waals surface area contributed by atoms with Gasteiger partial charge in [-0.05, 0) is 43.7 Å². The number of carbonyl (C=O) groups is 1. The molecular formula is C19H30N2O4S. The number of nitrogens with zero attached hydrogens (tertiary/aromatic N) is 1. The van der Waals surface area contributed by atoms with E-state index in [9.17, 15) is 13.2 Å². The third kappa shape index (κ3) is 6.29. The van der Waals surface area contributed by atoms with Gasteiger partial charge >= 0.3 is 0 Å². The van der Waals surface area contributed by atoms with Crippen molar-refractivity contribution in [3.05, 3.63) is 29.8 Å². The van der Waals surface area contributed by atoms with Crippen molar-refractivity contribution in [3.63, 3.8) is 0 Å². The summed E-state index contributed by atoms with van der Waals surface area (Å²) in [4.78, 5) is 12.3. The fourth-order valence-corrected chi connectivity index (χ4v) is 4.02. The van der Waals surface area contributed by atoms with Crippen LogP contribution in [0.15, 0.2) is 24.3 Å². The van der Waals surface area contributed by atoms with Gasteiger partial charge < -0.3 is 10.1 Å². The number of aryl methyl sites for hydroxylation is 1. The van der Waals surface area contributed by atoms with E-state index < -0.39 is 10.0 Å². The minimum atomic E-state index is -3.15. The quantitative estimate of drug-likeness (QED) is 0.665. The number of para-hydroxylation sites is 1. The first kappa shape index (κ1) is 20.7. The summed E-state index contributed by atoms with van der Waals surface area (Å²) in [5.74, 6) is 0.871. The summed E-state index contributed by atoms with van der Waals surface area (Å²) in [6.07, 6.45) is 5.07. The summed E-state index contributed by atoms with van der Waals surface area (Å²) < 4.78 is 30.2. The van der Waals surface area contributed by atoms with Gasteiger partial charge in [-0.1, -0.05) is 25.1 Å². The van der Waals surface area contributed by atoms with Crippen LogP contribution in [0.25, 0.3) is 0 Å². The smallest absolute Gasteiger partial charge is 0.223 e. The molecule has 146 valence electrons. The summed E-state index contributed by atoms with van der Waals surface area (Å²) in [5.41, 5.74) is 1.16. The van der Waals surface area contributed by atoms with Crippen LogP contribution < -0.4 is 10.1 Å². The Balaban J connectivity index is 1.71. The number of rotatable bonds is 9. The van der Waals surface area contributed by atoms with Gasteiger partial charge in [0.05, 0.1) is 12.9 Å². The lowest BCUT2D eigenvalue weighted by Gasteiger charge is -2.29. The molecule has 2 rings (SSSR count). The van der Waals surface area contributed by atoms with Crippen LogP contribution in [-0.2, 0) is 21.2 Å². The Morgan fingerprint density at radius 3 is 2.62 bits per heavy atom. The number of amides is 1. The number of sulfonamides is 1. The summed E-state index contributed by atoms with van der Waals surface area (Å²) in [6, 6.07) is 8.02. The molecule has 1 aromatic carbocycles. The van der Waals surface area contributed by atoms with Gasteiger partial charge in [-0.3, -0.25) is 4.79 Å². The Morgan fingerprint density at radius 2 is 1.96 bits per heavy atom. The largest absolute Gasteiger partial charge is 0.493 e. The molecule has 1 N–H and O–H groups in total. The third-order valence-corrected chi connectivity index (χ3v) is 5.95. The van der Waals surface area contributed by atoms with E-state index in [1.807, 2.05) is 18.2 Å². The molecular weight excluding hydrogens is 352 g/mol. The normalized spacial score (nSPS) is 16.4. The number of hydrogen-bond donors (Lipinski definition) is 1. The van der Waals surface area contributed by atoms with Crippen molar-refractivity contribution in [3.8, 4) is 5.75 Å². The van der Waals surface area contributed by atoms with Crippen LogP contribution in [0.4, 0.5) is 0 Å². The number of ether oxygens (including phenoxy) is 1. The highest BCUT2D eigenvalue weighted by Crippen LogP contribution is 2.21. The molecule has 1 aliphatic heterocycles. The van der Waals surface area contributed by atoms with E-state index in [1.54, 1.807) is 0 Å². The molecule has 7 heteroatoms. The van der Waals surface area contributed by atoms with Gasteiger partial charge in [0.2, 0.25) is 15.9 Å². The lowest BCUT2D eigenvalue weighted by atomic mass is 9.97. The molecule has 0 spiro atoms. The summed E-state index contributed by atoms with van der Waals surface area (Å²) in [6.45, 7) is 4.27. The zero-order valence-corrected chi connectivity index (χ0v) is 16.6. The van der Waals surface area contributed by atoms with Crippen LogP contribution in [0.3, 0.4) is 0 Å². The van der Waals surface area contributed by atoms with Crippen LogP contribution in [0.5, 0.6) is 5.75 Å². The maximum atomic E-state index is 12.3. The topological polar surface area (TPSA) is 75.7 Å². The maximum Gasteiger partial charge on any atom is 0.223 e. The first-order valence-corrected chi connectivity index (χ1v) is 11.2. The summed E-state index contributed by atoms with van der Waals surface area (Å²) >= 11 is 0. The number of nitrogens with one attached hydrogen (secondary N) is 1. The number of benzene rings is 1. The fraction of sp³-hybridized carbons (Fsp3) is 0.632.